The van der Waals surface area contributed by atoms with E-state index in [0.29, 0.717) is 34.9 Å². The zero-order chi connectivity index (χ0) is 33.4. The van der Waals surface area contributed by atoms with Gasteiger partial charge < -0.3 is 20.5 Å². The molecule has 0 saturated carbocycles. The third-order valence-corrected chi connectivity index (χ3v) is 8.11. The monoisotopic (exact) mass is 666 g/mol. The van der Waals surface area contributed by atoms with E-state index in [9.17, 15) is 18.0 Å². The minimum Gasteiger partial charge on any atom is -0.333 e. The molecule has 0 aliphatic heterocycles. The normalized spacial score (nSPS) is 12.8. The van der Waals surface area contributed by atoms with Gasteiger partial charge in [0.15, 0.2) is 5.11 Å². The topological polar surface area (TPSA) is 100.0 Å². The van der Waals surface area contributed by atoms with Crippen molar-refractivity contribution in [3.8, 4) is 6.07 Å². The number of Topliss-reactive ketones (excluding diaryl/α,β-unsaturated/α-hetero) is 1. The molecule has 0 amide bonds. The number of ketones is 1. The van der Waals surface area contributed by atoms with Crippen LogP contribution in [-0.4, -0.2) is 31.5 Å². The Morgan fingerprint density at radius 2 is 1.78 bits per heavy atom. The molecule has 4 rings (SSSR count). The molecule has 0 aliphatic rings. The first-order valence-corrected chi connectivity index (χ1v) is 15.4. The molecule has 0 saturated heterocycles. The number of nitriles is 1. The van der Waals surface area contributed by atoms with Crippen LogP contribution in [0.3, 0.4) is 0 Å². The van der Waals surface area contributed by atoms with Crippen LogP contribution < -0.4 is 11.1 Å². The zero-order valence-corrected chi connectivity index (χ0v) is 26.9. The summed E-state index contributed by atoms with van der Waals surface area (Å²) in [7, 11) is 0. The average Bonchev–Trinajstić information content (AvgIpc) is 3.45. The van der Waals surface area contributed by atoms with Gasteiger partial charge in [-0.3, -0.25) is 4.79 Å². The van der Waals surface area contributed by atoms with Gasteiger partial charge in [0.2, 0.25) is 0 Å². The van der Waals surface area contributed by atoms with Gasteiger partial charge in [0.1, 0.15) is 5.78 Å². The van der Waals surface area contributed by atoms with E-state index in [1.54, 1.807) is 48.9 Å². The van der Waals surface area contributed by atoms with Crippen LogP contribution in [0, 0.1) is 23.2 Å². The molecule has 0 radical (unpaired) electrons. The fourth-order valence-electron chi connectivity index (χ4n) is 5.17. The van der Waals surface area contributed by atoms with Crippen molar-refractivity contribution in [1.82, 2.24) is 14.5 Å². The Labute approximate surface area is 276 Å². The van der Waals surface area contributed by atoms with Gasteiger partial charge in [0.05, 0.1) is 35.6 Å². The summed E-state index contributed by atoms with van der Waals surface area (Å²) < 4.78 is 43.9. The molecule has 46 heavy (non-hydrogen) atoms. The van der Waals surface area contributed by atoms with Crippen LogP contribution in [0.15, 0.2) is 85.3 Å². The number of hydrogen-bond donors (Lipinski definition) is 2. The summed E-state index contributed by atoms with van der Waals surface area (Å²) in [6, 6.07) is 21.2. The van der Waals surface area contributed by atoms with Crippen molar-refractivity contribution in [3.05, 3.63) is 118 Å². The van der Waals surface area contributed by atoms with Gasteiger partial charge in [-0.25, -0.2) is 4.98 Å². The maximum atomic E-state index is 14.0. The lowest BCUT2D eigenvalue weighted by Gasteiger charge is -2.37. The minimum absolute atomic E-state index is 0.00567. The quantitative estimate of drug-likeness (QED) is 0.120. The highest BCUT2D eigenvalue weighted by atomic mass is 35.5. The molecule has 1 unspecified atom stereocenters. The van der Waals surface area contributed by atoms with E-state index in [4.69, 9.17) is 34.8 Å². The van der Waals surface area contributed by atoms with E-state index >= 15 is 0 Å². The molecular weight excluding hydrogens is 633 g/mol. The number of benzene rings is 3. The third kappa shape index (κ3) is 9.16. The highest BCUT2D eigenvalue weighted by molar-refractivity contribution is 7.80. The Hall–Kier alpha value is -4.24. The molecule has 1 aromatic heterocycles. The number of carbonyl (C=O) groups excluding carboxylic acids is 1. The van der Waals surface area contributed by atoms with E-state index in [0.717, 1.165) is 11.6 Å². The van der Waals surface area contributed by atoms with Gasteiger partial charge in [0.25, 0.3) is 0 Å². The van der Waals surface area contributed by atoms with Gasteiger partial charge >= 0.3 is 6.18 Å². The van der Waals surface area contributed by atoms with Gasteiger partial charge in [-0.15, -0.1) is 0 Å². The standard InChI is InChI=1S/C34H34ClF3N6OS/c1-22(2)15-29(31(45)16-28-18-41-21-43(28)19-24-9-7-23(17-39)8-10-24)32(40)44(33(46)42-27-13-11-26(35)12-14-27)20-25-5-3-4-6-30(25)34(36,37)38/h3-14,18,21-22,29,32H,15-16,19-20,40H2,1-2H3,(H,42,46)/t29-,32?/m1/s1. The Bertz CT molecular complexity index is 1680. The number of halogens is 4. The van der Waals surface area contributed by atoms with Crippen LogP contribution in [0.1, 0.15) is 48.2 Å². The predicted octanol–water partition coefficient (Wildman–Crippen LogP) is 7.43. The van der Waals surface area contributed by atoms with E-state index in [1.807, 2.05) is 30.5 Å². The predicted molar refractivity (Wildman–Crippen MR) is 177 cm³/mol. The molecule has 1 heterocycles. The first kappa shape index (κ1) is 34.6. The van der Waals surface area contributed by atoms with Crippen molar-refractivity contribution in [2.75, 3.05) is 5.32 Å². The summed E-state index contributed by atoms with van der Waals surface area (Å²) in [4.78, 5) is 19.7. The van der Waals surface area contributed by atoms with Crippen LogP contribution in [0.2, 0.25) is 5.02 Å². The molecule has 0 bridgehead atoms. The van der Waals surface area contributed by atoms with Crippen LogP contribution >= 0.6 is 23.8 Å². The Kier molecular flexibility index (Phi) is 11.6. The number of nitrogens with zero attached hydrogens (tertiary/aromatic N) is 4. The number of nitrogens with one attached hydrogen (secondary N) is 1. The number of hydrogen-bond acceptors (Lipinski definition) is 5. The third-order valence-electron chi connectivity index (χ3n) is 7.52. The fraction of sp³-hybridized carbons (Fsp3) is 0.294. The maximum absolute atomic E-state index is 14.0. The molecule has 0 aliphatic carbocycles. The number of anilines is 1. The molecule has 0 spiro atoms. The summed E-state index contributed by atoms with van der Waals surface area (Å²) in [6.07, 6.45) is -2.03. The Morgan fingerprint density at radius 3 is 2.41 bits per heavy atom. The van der Waals surface area contributed by atoms with Crippen LogP contribution in [0.5, 0.6) is 0 Å². The Balaban J connectivity index is 1.64. The van der Waals surface area contributed by atoms with Crippen LogP contribution in [0.25, 0.3) is 0 Å². The summed E-state index contributed by atoms with van der Waals surface area (Å²) >= 11 is 11.8. The fourth-order valence-corrected chi connectivity index (χ4v) is 5.60. The lowest BCUT2D eigenvalue weighted by molar-refractivity contribution is -0.138. The summed E-state index contributed by atoms with van der Waals surface area (Å²) in [6.45, 7) is 4.06. The van der Waals surface area contributed by atoms with Crippen molar-refractivity contribution in [3.63, 3.8) is 0 Å². The summed E-state index contributed by atoms with van der Waals surface area (Å²) in [5, 5.41) is 12.7. The molecule has 4 aromatic rings. The van der Waals surface area contributed by atoms with Crippen molar-refractivity contribution >= 4 is 40.4 Å². The summed E-state index contributed by atoms with van der Waals surface area (Å²) in [5.74, 6) is -0.918. The lowest BCUT2D eigenvalue weighted by atomic mass is 9.88. The zero-order valence-electron chi connectivity index (χ0n) is 25.3. The van der Waals surface area contributed by atoms with E-state index in [-0.39, 0.29) is 35.3 Å². The molecular formula is C34H34ClF3N6OS. The first-order valence-electron chi connectivity index (χ1n) is 14.6. The number of aromatic nitrogens is 2. The van der Waals surface area contributed by atoms with Gasteiger partial charge in [-0.2, -0.15) is 18.4 Å². The van der Waals surface area contributed by atoms with Crippen LogP contribution in [0.4, 0.5) is 18.9 Å². The van der Waals surface area contributed by atoms with Gasteiger partial charge in [-0.05, 0) is 78.1 Å². The second kappa shape index (κ2) is 15.4. The first-order chi connectivity index (χ1) is 21.8. The van der Waals surface area contributed by atoms with Crippen molar-refractivity contribution < 1.29 is 18.0 Å². The van der Waals surface area contributed by atoms with Crippen molar-refractivity contribution in [2.24, 2.45) is 17.6 Å². The highest BCUT2D eigenvalue weighted by Crippen LogP contribution is 2.33. The number of alkyl halides is 3. The number of thiocarbonyl (C=S) groups is 1. The lowest BCUT2D eigenvalue weighted by Crippen LogP contribution is -2.53. The van der Waals surface area contributed by atoms with E-state index in [1.165, 1.54) is 23.1 Å². The summed E-state index contributed by atoms with van der Waals surface area (Å²) in [5.41, 5.74) is 8.70. The molecule has 7 nitrogen and oxygen atoms in total. The van der Waals surface area contributed by atoms with E-state index < -0.39 is 23.8 Å². The van der Waals surface area contributed by atoms with Crippen LogP contribution in [-0.2, 0) is 30.5 Å². The van der Waals surface area contributed by atoms with Gasteiger partial charge in [-0.1, -0.05) is 55.8 Å². The number of nitrogens with two attached hydrogens (primary N) is 1. The van der Waals surface area contributed by atoms with Crippen molar-refractivity contribution in [2.45, 2.75) is 52.1 Å². The van der Waals surface area contributed by atoms with Gasteiger partial charge in [0, 0.05) is 42.1 Å². The maximum Gasteiger partial charge on any atom is 0.416 e. The Morgan fingerprint density at radius 1 is 1.11 bits per heavy atom. The highest BCUT2D eigenvalue weighted by Gasteiger charge is 2.36. The minimum atomic E-state index is -4.60. The number of rotatable bonds is 12. The number of imidazole rings is 1. The molecule has 3 N–H and O–H groups in total. The van der Waals surface area contributed by atoms with E-state index in [2.05, 4.69) is 16.4 Å². The number of carbonyl (C=O) groups is 1. The smallest absolute Gasteiger partial charge is 0.333 e. The second-order valence-corrected chi connectivity index (χ2v) is 12.2. The average molecular weight is 667 g/mol. The molecule has 240 valence electrons. The molecule has 12 heteroatoms. The molecule has 0 fully saturated rings. The molecule has 3 aromatic carbocycles. The molecule has 2 atom stereocenters. The SMILES string of the molecule is CC(C)C[C@H](C(=O)Cc1cncn1Cc1ccc(C#N)cc1)C(N)N(Cc1ccccc1C(F)(F)F)C(=S)Nc1ccc(Cl)cc1. The van der Waals surface area contributed by atoms with Crippen molar-refractivity contribution in [1.29, 1.82) is 5.26 Å². The second-order valence-electron chi connectivity index (χ2n) is 11.4. The largest absolute Gasteiger partial charge is 0.416 e.